The topological polar surface area (TPSA) is 95.9 Å². The quantitative estimate of drug-likeness (QED) is 0.0246. The van der Waals surface area contributed by atoms with Gasteiger partial charge in [-0.2, -0.15) is 0 Å². The summed E-state index contributed by atoms with van der Waals surface area (Å²) in [6.07, 6.45) is 60.8. The van der Waals surface area contributed by atoms with Crippen LogP contribution in [0, 0.1) is 0 Å². The number of amides is 1. The van der Waals surface area contributed by atoms with Crippen molar-refractivity contribution in [3.05, 3.63) is 85.1 Å². The number of unbranched alkanes of at least 4 members (excludes halogenated alkanes) is 18. The van der Waals surface area contributed by atoms with E-state index in [0.717, 1.165) is 70.6 Å². The molecule has 6 heteroatoms. The number of aliphatic hydroxyl groups is 2. The molecule has 0 aromatic carbocycles. The zero-order valence-corrected chi connectivity index (χ0v) is 39.1. The third kappa shape index (κ3) is 41.8. The highest BCUT2D eigenvalue weighted by Gasteiger charge is 2.23. The van der Waals surface area contributed by atoms with Gasteiger partial charge in [-0.3, -0.25) is 9.59 Å². The normalized spacial score (nSPS) is 14.0. The van der Waals surface area contributed by atoms with E-state index in [0.29, 0.717) is 19.3 Å². The maximum atomic E-state index is 13.2. The van der Waals surface area contributed by atoms with Gasteiger partial charge in [0.25, 0.3) is 0 Å². The maximum Gasteiger partial charge on any atom is 0.306 e. The van der Waals surface area contributed by atoms with Crippen molar-refractivity contribution in [3.8, 4) is 0 Å². The number of nitrogens with one attached hydrogen (secondary N) is 1. The van der Waals surface area contributed by atoms with Gasteiger partial charge in [0.15, 0.2) is 0 Å². The lowest BCUT2D eigenvalue weighted by atomic mass is 10.0. The van der Waals surface area contributed by atoms with Crippen LogP contribution in [0.2, 0.25) is 0 Å². The predicted octanol–water partition coefficient (Wildman–Crippen LogP) is 14.8. The number of hydrogen-bond donors (Lipinski definition) is 3. The van der Waals surface area contributed by atoms with E-state index in [-0.39, 0.29) is 31.3 Å². The van der Waals surface area contributed by atoms with Crippen LogP contribution in [0.5, 0.6) is 0 Å². The first-order valence-electron chi connectivity index (χ1n) is 24.8. The van der Waals surface area contributed by atoms with Crippen molar-refractivity contribution in [2.24, 2.45) is 0 Å². The van der Waals surface area contributed by atoms with Gasteiger partial charge in [-0.1, -0.05) is 215 Å². The molecule has 0 fully saturated rings. The molecule has 0 heterocycles. The van der Waals surface area contributed by atoms with E-state index in [4.69, 9.17) is 4.74 Å². The van der Waals surface area contributed by atoms with Gasteiger partial charge in [0.05, 0.1) is 25.2 Å². The third-order valence-corrected chi connectivity index (χ3v) is 10.7. The number of hydrogen-bond acceptors (Lipinski definition) is 5. The van der Waals surface area contributed by atoms with E-state index in [9.17, 15) is 19.8 Å². The summed E-state index contributed by atoms with van der Waals surface area (Å²) in [4.78, 5) is 26.0. The molecule has 0 aliphatic heterocycles. The Bertz CT molecular complexity index is 1160. The van der Waals surface area contributed by atoms with E-state index in [2.05, 4.69) is 105 Å². The molecule has 0 saturated heterocycles. The van der Waals surface area contributed by atoms with Gasteiger partial charge < -0.3 is 20.3 Å². The monoisotopic (exact) mass is 836 g/mol. The first-order valence-corrected chi connectivity index (χ1v) is 24.8. The van der Waals surface area contributed by atoms with Gasteiger partial charge in [0.1, 0.15) is 6.10 Å². The van der Waals surface area contributed by atoms with Gasteiger partial charge in [0.2, 0.25) is 5.91 Å². The second-order valence-electron chi connectivity index (χ2n) is 16.5. The Balaban J connectivity index is 4.79. The fourth-order valence-corrected chi connectivity index (χ4v) is 7.00. The highest BCUT2D eigenvalue weighted by Crippen LogP contribution is 2.16. The third-order valence-electron chi connectivity index (χ3n) is 10.7. The Hall–Kier alpha value is -2.96. The number of allylic oxidation sites excluding steroid dienone is 14. The van der Waals surface area contributed by atoms with Crippen LogP contribution in [0.1, 0.15) is 220 Å². The molecule has 0 bridgehead atoms. The van der Waals surface area contributed by atoms with Crippen molar-refractivity contribution >= 4 is 11.9 Å². The summed E-state index contributed by atoms with van der Waals surface area (Å²) in [7, 11) is 0. The summed E-state index contributed by atoms with van der Waals surface area (Å²) in [5.74, 6) is -0.626. The molecule has 0 radical (unpaired) electrons. The molecular formula is C54H93NO5. The number of esters is 1. The Morgan fingerprint density at radius 2 is 0.967 bits per heavy atom. The smallest absolute Gasteiger partial charge is 0.306 e. The van der Waals surface area contributed by atoms with Crippen LogP contribution < -0.4 is 5.32 Å². The molecule has 60 heavy (non-hydrogen) atoms. The van der Waals surface area contributed by atoms with E-state index in [1.807, 2.05) is 6.08 Å². The number of carbonyl (C=O) groups is 2. The number of aliphatic hydroxyl groups excluding tert-OH is 2. The largest absolute Gasteiger partial charge is 0.462 e. The first kappa shape index (κ1) is 57.0. The molecule has 3 N–H and O–H groups in total. The fraction of sp³-hybridized carbons (Fsp3) is 0.704. The Morgan fingerprint density at radius 3 is 1.47 bits per heavy atom. The maximum absolute atomic E-state index is 13.2. The lowest BCUT2D eigenvalue weighted by molar-refractivity contribution is -0.150. The number of carbonyl (C=O) groups excluding carboxylic acids is 2. The van der Waals surface area contributed by atoms with Crippen LogP contribution >= 0.6 is 0 Å². The van der Waals surface area contributed by atoms with Crippen molar-refractivity contribution in [3.63, 3.8) is 0 Å². The minimum atomic E-state index is -0.814. The Labute approximate surface area is 370 Å². The van der Waals surface area contributed by atoms with Gasteiger partial charge in [0, 0.05) is 6.42 Å². The molecule has 0 aliphatic carbocycles. The van der Waals surface area contributed by atoms with Gasteiger partial charge in [-0.05, 0) is 77.0 Å². The van der Waals surface area contributed by atoms with Crippen LogP contribution in [-0.2, 0) is 14.3 Å². The highest BCUT2D eigenvalue weighted by atomic mass is 16.5. The van der Waals surface area contributed by atoms with Crippen LogP contribution in [0.3, 0.4) is 0 Å². The van der Waals surface area contributed by atoms with Crippen LogP contribution in [0.4, 0.5) is 0 Å². The second-order valence-corrected chi connectivity index (χ2v) is 16.5. The van der Waals surface area contributed by atoms with Crippen LogP contribution in [-0.4, -0.2) is 46.9 Å². The van der Waals surface area contributed by atoms with Crippen molar-refractivity contribution in [1.82, 2.24) is 5.32 Å². The summed E-state index contributed by atoms with van der Waals surface area (Å²) in [6.45, 7) is 6.31. The van der Waals surface area contributed by atoms with Crippen molar-refractivity contribution in [2.45, 2.75) is 238 Å². The molecule has 0 aromatic heterocycles. The van der Waals surface area contributed by atoms with E-state index < -0.39 is 18.2 Å². The summed E-state index contributed by atoms with van der Waals surface area (Å²) in [5.41, 5.74) is 0. The molecule has 0 spiro atoms. The molecule has 344 valence electrons. The molecule has 1 amide bonds. The predicted molar refractivity (Wildman–Crippen MR) is 259 cm³/mol. The van der Waals surface area contributed by atoms with Crippen LogP contribution in [0.15, 0.2) is 85.1 Å². The summed E-state index contributed by atoms with van der Waals surface area (Å²) in [6, 6.07) is -0.733. The van der Waals surface area contributed by atoms with E-state index in [1.165, 1.54) is 96.3 Å². The molecule has 0 aromatic rings. The minimum Gasteiger partial charge on any atom is -0.462 e. The van der Waals surface area contributed by atoms with Gasteiger partial charge in [-0.15, -0.1) is 0 Å². The molecule has 0 saturated carbocycles. The first-order chi connectivity index (χ1) is 29.5. The minimum absolute atomic E-state index is 0.0110. The fourth-order valence-electron chi connectivity index (χ4n) is 7.00. The summed E-state index contributed by atoms with van der Waals surface area (Å²) >= 11 is 0. The molecule has 3 unspecified atom stereocenters. The second kappa shape index (κ2) is 47.1. The zero-order chi connectivity index (χ0) is 43.8. The van der Waals surface area contributed by atoms with Crippen LogP contribution in [0.25, 0.3) is 0 Å². The Kier molecular flexibility index (Phi) is 44.8. The average Bonchev–Trinajstić information content (AvgIpc) is 3.24. The SMILES string of the molecule is CC/C=C/C/C=C/C/C=C/C/C=C/C/C=C/CCC(=O)OC(CCC/C=C/C=C/CCCCCCCCC)CC(=O)NC(CO)C(O)CCCCCCCCCCCCC. The van der Waals surface area contributed by atoms with E-state index >= 15 is 0 Å². The molecular weight excluding hydrogens is 743 g/mol. The molecule has 3 atom stereocenters. The van der Waals surface area contributed by atoms with Gasteiger partial charge in [-0.25, -0.2) is 0 Å². The summed E-state index contributed by atoms with van der Waals surface area (Å²) in [5, 5.41) is 23.7. The van der Waals surface area contributed by atoms with Crippen molar-refractivity contribution in [2.75, 3.05) is 6.61 Å². The van der Waals surface area contributed by atoms with Crippen molar-refractivity contribution < 1.29 is 24.5 Å². The molecule has 0 rings (SSSR count). The highest BCUT2D eigenvalue weighted by molar-refractivity contribution is 5.77. The lowest BCUT2D eigenvalue weighted by Gasteiger charge is -2.24. The average molecular weight is 836 g/mol. The summed E-state index contributed by atoms with van der Waals surface area (Å²) < 4.78 is 5.85. The van der Waals surface area contributed by atoms with Crippen molar-refractivity contribution in [1.29, 1.82) is 0 Å². The lowest BCUT2D eigenvalue weighted by Crippen LogP contribution is -2.46. The molecule has 0 aliphatic rings. The van der Waals surface area contributed by atoms with Gasteiger partial charge >= 0.3 is 5.97 Å². The Morgan fingerprint density at radius 1 is 0.517 bits per heavy atom. The zero-order valence-electron chi connectivity index (χ0n) is 39.1. The standard InChI is InChI=1S/C54H93NO5/c1-4-7-10-13-16-19-22-24-26-27-29-32-35-38-41-44-47-54(59)60-50(45-42-39-36-33-31-28-25-23-20-17-14-11-8-5-2)48-53(58)55-51(49-56)52(57)46-43-40-37-34-30-21-18-15-12-9-6-3/h7,10,16,19,24,26,28-29,31-33,36,38,41,50-52,56-57H,4-6,8-9,11-15,17-18,20-23,25,27,30,34-35,37,39-40,42-49H2,1-3H3,(H,55,58)/b10-7+,19-16+,26-24+,31-28+,32-29+,36-33+,41-38+. The number of ether oxygens (including phenoxy) is 1. The number of rotatable bonds is 43. The van der Waals surface area contributed by atoms with E-state index in [1.54, 1.807) is 0 Å². The molecule has 6 nitrogen and oxygen atoms in total.